The fourth-order valence-electron chi connectivity index (χ4n) is 2.53. The number of sulfonamides is 1. The molecule has 0 atom stereocenters. The van der Waals surface area contributed by atoms with E-state index in [1.165, 1.54) is 12.1 Å². The summed E-state index contributed by atoms with van der Waals surface area (Å²) in [7, 11) is -3.83. The van der Waals surface area contributed by atoms with Gasteiger partial charge in [-0.25, -0.2) is 8.42 Å². The number of H-pyrrole nitrogens is 1. The van der Waals surface area contributed by atoms with E-state index >= 15 is 0 Å². The summed E-state index contributed by atoms with van der Waals surface area (Å²) < 4.78 is 24.6. The highest BCUT2D eigenvalue weighted by Gasteiger charge is 2.17. The highest BCUT2D eigenvalue weighted by Crippen LogP contribution is 2.18. The van der Waals surface area contributed by atoms with Gasteiger partial charge in [-0.15, -0.1) is 4.83 Å². The van der Waals surface area contributed by atoms with Crippen molar-refractivity contribution in [1.82, 2.24) is 15.2 Å². The third-order valence-corrected chi connectivity index (χ3v) is 5.25. The molecular formula is C18H19N3O3S. The smallest absolute Gasteiger partial charge is 0.268 e. The van der Waals surface area contributed by atoms with Gasteiger partial charge in [-0.2, -0.15) is 0 Å². The van der Waals surface area contributed by atoms with Crippen molar-refractivity contribution in [1.29, 1.82) is 0 Å². The van der Waals surface area contributed by atoms with E-state index in [4.69, 9.17) is 0 Å². The summed E-state index contributed by atoms with van der Waals surface area (Å²) in [5.41, 5.74) is 4.47. The zero-order valence-electron chi connectivity index (χ0n) is 13.9. The van der Waals surface area contributed by atoms with Crippen molar-refractivity contribution in [3.63, 3.8) is 0 Å². The van der Waals surface area contributed by atoms with Crippen LogP contribution in [0.5, 0.6) is 0 Å². The average molecular weight is 357 g/mol. The standard InChI is InChI=1S/C18H19N3O3S/c1-12(2)13-7-9-14(10-8-13)25(23,24)21-20-18(22)16-11-19-17-6-4-3-5-15(16)17/h3-12,19,21H,1-2H3,(H,20,22). The van der Waals surface area contributed by atoms with Gasteiger partial charge in [0, 0.05) is 17.1 Å². The van der Waals surface area contributed by atoms with E-state index in [-0.39, 0.29) is 4.90 Å². The van der Waals surface area contributed by atoms with Crippen molar-refractivity contribution in [2.45, 2.75) is 24.7 Å². The number of para-hydroxylation sites is 1. The van der Waals surface area contributed by atoms with Crippen molar-refractivity contribution in [2.24, 2.45) is 0 Å². The van der Waals surface area contributed by atoms with Gasteiger partial charge in [0.15, 0.2) is 0 Å². The zero-order chi connectivity index (χ0) is 18.0. The van der Waals surface area contributed by atoms with Gasteiger partial charge < -0.3 is 4.98 Å². The Hall–Kier alpha value is -2.64. The molecule has 1 heterocycles. The fourth-order valence-corrected chi connectivity index (χ4v) is 3.37. The number of aromatic amines is 1. The minimum atomic E-state index is -3.83. The Balaban J connectivity index is 1.74. The van der Waals surface area contributed by atoms with E-state index < -0.39 is 15.9 Å². The van der Waals surface area contributed by atoms with Crippen LogP contribution >= 0.6 is 0 Å². The van der Waals surface area contributed by atoms with Crippen molar-refractivity contribution >= 4 is 26.8 Å². The molecule has 3 rings (SSSR count). The fraction of sp³-hybridized carbons (Fsp3) is 0.167. The molecule has 0 aliphatic heterocycles. The zero-order valence-corrected chi connectivity index (χ0v) is 14.7. The number of fused-ring (bicyclic) bond motifs is 1. The predicted octanol–water partition coefficient (Wildman–Crippen LogP) is 2.91. The minimum absolute atomic E-state index is 0.0936. The molecule has 0 aliphatic rings. The van der Waals surface area contributed by atoms with E-state index in [1.807, 2.05) is 32.0 Å². The van der Waals surface area contributed by atoms with Crippen LogP contribution in [-0.2, 0) is 10.0 Å². The predicted molar refractivity (Wildman–Crippen MR) is 96.6 cm³/mol. The first-order chi connectivity index (χ1) is 11.9. The molecule has 0 saturated carbocycles. The third kappa shape index (κ3) is 3.57. The van der Waals surface area contributed by atoms with Crippen LogP contribution in [-0.4, -0.2) is 19.3 Å². The van der Waals surface area contributed by atoms with Crippen LogP contribution in [0.15, 0.2) is 59.6 Å². The van der Waals surface area contributed by atoms with E-state index in [0.717, 1.165) is 16.5 Å². The van der Waals surface area contributed by atoms with Crippen molar-refractivity contribution in [3.8, 4) is 0 Å². The lowest BCUT2D eigenvalue weighted by molar-refractivity contribution is 0.0947. The molecule has 130 valence electrons. The Labute approximate surface area is 146 Å². The minimum Gasteiger partial charge on any atom is -0.360 e. The van der Waals surface area contributed by atoms with Gasteiger partial charge in [-0.1, -0.05) is 44.2 Å². The van der Waals surface area contributed by atoms with Crippen molar-refractivity contribution < 1.29 is 13.2 Å². The van der Waals surface area contributed by atoms with Gasteiger partial charge in [-0.05, 0) is 29.7 Å². The van der Waals surface area contributed by atoms with Crippen LogP contribution in [0.3, 0.4) is 0 Å². The number of benzene rings is 2. The summed E-state index contributed by atoms with van der Waals surface area (Å²) in [5, 5.41) is 0.723. The van der Waals surface area contributed by atoms with Crippen LogP contribution in [0.25, 0.3) is 10.9 Å². The number of aromatic nitrogens is 1. The lowest BCUT2D eigenvalue weighted by Gasteiger charge is -2.10. The SMILES string of the molecule is CC(C)c1ccc(S(=O)(=O)NNC(=O)c2c[nH]c3ccccc23)cc1. The molecule has 0 fully saturated rings. The monoisotopic (exact) mass is 357 g/mol. The first-order valence-electron chi connectivity index (χ1n) is 7.87. The Kier molecular flexibility index (Phi) is 4.61. The molecular weight excluding hydrogens is 338 g/mol. The highest BCUT2D eigenvalue weighted by atomic mass is 32.2. The quantitative estimate of drug-likeness (QED) is 0.613. The maximum Gasteiger partial charge on any atom is 0.268 e. The topological polar surface area (TPSA) is 91.1 Å². The van der Waals surface area contributed by atoms with Gasteiger partial charge in [0.2, 0.25) is 0 Å². The number of hydrazine groups is 1. The lowest BCUT2D eigenvalue weighted by Crippen LogP contribution is -2.41. The number of nitrogens with one attached hydrogen (secondary N) is 3. The van der Waals surface area contributed by atoms with E-state index in [9.17, 15) is 13.2 Å². The molecule has 3 N–H and O–H groups in total. The molecule has 3 aromatic rings. The maximum absolute atomic E-state index is 12.3. The molecule has 7 heteroatoms. The number of carbonyl (C=O) groups excluding carboxylic acids is 1. The van der Waals surface area contributed by atoms with Crippen molar-refractivity contribution in [3.05, 3.63) is 65.9 Å². The van der Waals surface area contributed by atoms with Crippen LogP contribution in [0.1, 0.15) is 35.7 Å². The van der Waals surface area contributed by atoms with E-state index in [2.05, 4.69) is 15.2 Å². The Morgan fingerprint density at radius 3 is 2.40 bits per heavy atom. The summed E-state index contributed by atoms with van der Waals surface area (Å²) in [4.78, 5) is 17.5. The van der Waals surface area contributed by atoms with E-state index in [0.29, 0.717) is 11.5 Å². The van der Waals surface area contributed by atoms with Crippen LogP contribution in [0.2, 0.25) is 0 Å². The lowest BCUT2D eigenvalue weighted by atomic mass is 10.0. The molecule has 0 aliphatic carbocycles. The number of hydrogen-bond donors (Lipinski definition) is 3. The molecule has 1 amide bonds. The van der Waals surface area contributed by atoms with E-state index in [1.54, 1.807) is 24.4 Å². The molecule has 1 aromatic heterocycles. The first-order valence-corrected chi connectivity index (χ1v) is 9.35. The molecule has 0 bridgehead atoms. The second kappa shape index (κ2) is 6.70. The molecule has 25 heavy (non-hydrogen) atoms. The van der Waals surface area contributed by atoms with Gasteiger partial charge >= 0.3 is 0 Å². The number of carbonyl (C=O) groups is 1. The summed E-state index contributed by atoms with van der Waals surface area (Å²) in [5.74, 6) is -0.217. The van der Waals surface area contributed by atoms with Crippen LogP contribution < -0.4 is 10.3 Å². The highest BCUT2D eigenvalue weighted by molar-refractivity contribution is 7.89. The van der Waals surface area contributed by atoms with Gasteiger partial charge in [-0.3, -0.25) is 10.2 Å². The van der Waals surface area contributed by atoms with Gasteiger partial charge in [0.25, 0.3) is 15.9 Å². The Bertz CT molecular complexity index is 1010. The van der Waals surface area contributed by atoms with Crippen LogP contribution in [0.4, 0.5) is 0 Å². The summed E-state index contributed by atoms with van der Waals surface area (Å²) in [6, 6.07) is 13.9. The third-order valence-electron chi connectivity index (χ3n) is 3.99. The molecule has 6 nitrogen and oxygen atoms in total. The van der Waals surface area contributed by atoms with Gasteiger partial charge in [0.05, 0.1) is 10.5 Å². The Morgan fingerprint density at radius 1 is 1.04 bits per heavy atom. The second-order valence-corrected chi connectivity index (χ2v) is 7.71. The number of rotatable bonds is 5. The van der Waals surface area contributed by atoms with Gasteiger partial charge in [0.1, 0.15) is 0 Å². The maximum atomic E-state index is 12.3. The molecule has 2 aromatic carbocycles. The normalized spacial score (nSPS) is 11.8. The molecule has 0 spiro atoms. The summed E-state index contributed by atoms with van der Waals surface area (Å²) in [6.45, 7) is 4.06. The molecule has 0 saturated heterocycles. The summed E-state index contributed by atoms with van der Waals surface area (Å²) >= 11 is 0. The first kappa shape index (κ1) is 17.2. The number of amides is 1. The van der Waals surface area contributed by atoms with Crippen molar-refractivity contribution in [2.75, 3.05) is 0 Å². The van der Waals surface area contributed by atoms with Crippen LogP contribution in [0, 0.1) is 0 Å². The average Bonchev–Trinajstić information content (AvgIpc) is 3.04. The summed E-state index contributed by atoms with van der Waals surface area (Å²) in [6.07, 6.45) is 1.55. The second-order valence-electron chi connectivity index (χ2n) is 6.03. The Morgan fingerprint density at radius 2 is 1.72 bits per heavy atom. The molecule has 0 unspecified atom stereocenters. The number of hydrogen-bond acceptors (Lipinski definition) is 3. The largest absolute Gasteiger partial charge is 0.360 e. The molecule has 0 radical (unpaired) electrons.